The molecule has 2 aromatic rings. The van der Waals surface area contributed by atoms with Crippen molar-refractivity contribution >= 4 is 5.91 Å². The molecule has 3 unspecified atom stereocenters. The number of nitrogens with zero attached hydrogens (tertiary/aromatic N) is 1. The molecule has 2 aliphatic rings. The van der Waals surface area contributed by atoms with Crippen molar-refractivity contribution in [1.29, 1.82) is 0 Å². The van der Waals surface area contributed by atoms with Gasteiger partial charge >= 0.3 is 0 Å². The fourth-order valence-electron chi connectivity index (χ4n) is 5.66. The zero-order valence-corrected chi connectivity index (χ0v) is 20.9. The molecule has 1 saturated carbocycles. The highest BCUT2D eigenvalue weighted by Gasteiger charge is 2.50. The van der Waals surface area contributed by atoms with Crippen LogP contribution in [-0.2, 0) is 0 Å². The van der Waals surface area contributed by atoms with Crippen LogP contribution in [0.1, 0.15) is 74.8 Å². The van der Waals surface area contributed by atoms with Gasteiger partial charge in [-0.15, -0.1) is 0 Å². The SMILES string of the molecule is CCOc1cc(C(=O)N2CCC3(O)CCCCC3C2c2ccc(F)cc2)cc(OCC)c1OCC. The molecule has 7 heteroatoms. The van der Waals surface area contributed by atoms with Crippen molar-refractivity contribution in [2.75, 3.05) is 26.4 Å². The lowest BCUT2D eigenvalue weighted by atomic mass is 9.66. The van der Waals surface area contributed by atoms with Crippen molar-refractivity contribution in [3.8, 4) is 17.2 Å². The fourth-order valence-corrected chi connectivity index (χ4v) is 5.66. The van der Waals surface area contributed by atoms with E-state index in [1.807, 2.05) is 25.7 Å². The predicted octanol–water partition coefficient (Wildman–Crippen LogP) is 5.53. The van der Waals surface area contributed by atoms with Crippen LogP contribution in [0.25, 0.3) is 0 Å². The van der Waals surface area contributed by atoms with Crippen LogP contribution in [0, 0.1) is 11.7 Å². The molecule has 190 valence electrons. The highest BCUT2D eigenvalue weighted by Crippen LogP contribution is 2.50. The van der Waals surface area contributed by atoms with E-state index < -0.39 is 5.60 Å². The molecule has 0 bridgehead atoms. The molecule has 35 heavy (non-hydrogen) atoms. The Morgan fingerprint density at radius 3 is 2.23 bits per heavy atom. The zero-order valence-electron chi connectivity index (χ0n) is 20.9. The molecular weight excluding hydrogens is 449 g/mol. The second-order valence-electron chi connectivity index (χ2n) is 9.30. The summed E-state index contributed by atoms with van der Waals surface area (Å²) in [5, 5.41) is 11.5. The van der Waals surface area contributed by atoms with Gasteiger partial charge in [0.1, 0.15) is 5.82 Å². The van der Waals surface area contributed by atoms with E-state index in [1.165, 1.54) is 12.1 Å². The topological polar surface area (TPSA) is 68.2 Å². The van der Waals surface area contributed by atoms with E-state index in [-0.39, 0.29) is 23.7 Å². The monoisotopic (exact) mass is 485 g/mol. The summed E-state index contributed by atoms with van der Waals surface area (Å²) in [5.41, 5.74) is 0.458. The van der Waals surface area contributed by atoms with Gasteiger partial charge in [0.2, 0.25) is 5.75 Å². The number of ether oxygens (including phenoxy) is 3. The highest BCUT2D eigenvalue weighted by molar-refractivity contribution is 5.96. The third-order valence-corrected chi connectivity index (χ3v) is 7.20. The number of rotatable bonds is 8. The number of carbonyl (C=O) groups is 1. The maximum Gasteiger partial charge on any atom is 0.254 e. The number of hydrogen-bond donors (Lipinski definition) is 1. The molecule has 1 aliphatic carbocycles. The molecule has 1 heterocycles. The minimum absolute atomic E-state index is 0.111. The maximum absolute atomic E-state index is 14.0. The number of aliphatic hydroxyl groups is 1. The summed E-state index contributed by atoms with van der Waals surface area (Å²) in [6.45, 7) is 7.33. The van der Waals surface area contributed by atoms with Gasteiger partial charge in [-0.1, -0.05) is 25.0 Å². The lowest BCUT2D eigenvalue weighted by molar-refractivity contribution is -0.115. The van der Waals surface area contributed by atoms with Crippen LogP contribution in [0.5, 0.6) is 17.2 Å². The molecule has 2 fully saturated rings. The molecule has 1 N–H and O–H groups in total. The summed E-state index contributed by atoms with van der Waals surface area (Å²) in [6, 6.07) is 9.38. The Kier molecular flexibility index (Phi) is 7.85. The lowest BCUT2D eigenvalue weighted by Crippen LogP contribution is -2.56. The molecule has 4 rings (SSSR count). The third kappa shape index (κ3) is 5.10. The van der Waals surface area contributed by atoms with Gasteiger partial charge in [-0.3, -0.25) is 4.79 Å². The summed E-state index contributed by atoms with van der Waals surface area (Å²) in [5.74, 6) is 0.816. The first-order chi connectivity index (χ1) is 16.9. The first-order valence-corrected chi connectivity index (χ1v) is 12.8. The van der Waals surface area contributed by atoms with Crippen LogP contribution < -0.4 is 14.2 Å². The number of likely N-dealkylation sites (tertiary alicyclic amines) is 1. The second-order valence-corrected chi connectivity index (χ2v) is 9.30. The molecule has 1 saturated heterocycles. The van der Waals surface area contributed by atoms with Gasteiger partial charge in [0, 0.05) is 18.0 Å². The average Bonchev–Trinajstić information content (AvgIpc) is 2.85. The van der Waals surface area contributed by atoms with E-state index in [0.717, 1.165) is 31.2 Å². The van der Waals surface area contributed by atoms with E-state index in [2.05, 4.69) is 0 Å². The van der Waals surface area contributed by atoms with Gasteiger partial charge in [0.15, 0.2) is 11.5 Å². The van der Waals surface area contributed by atoms with Crippen LogP contribution >= 0.6 is 0 Å². The lowest BCUT2D eigenvalue weighted by Gasteiger charge is -2.52. The Labute approximate surface area is 207 Å². The van der Waals surface area contributed by atoms with Gasteiger partial charge in [0.25, 0.3) is 5.91 Å². The first-order valence-electron chi connectivity index (χ1n) is 12.8. The summed E-state index contributed by atoms with van der Waals surface area (Å²) in [6.07, 6.45) is 4.04. The summed E-state index contributed by atoms with van der Waals surface area (Å²) in [4.78, 5) is 15.9. The largest absolute Gasteiger partial charge is 0.490 e. The first kappa shape index (κ1) is 25.3. The van der Waals surface area contributed by atoms with Gasteiger partial charge in [-0.25, -0.2) is 4.39 Å². The Morgan fingerprint density at radius 1 is 1.00 bits per heavy atom. The number of amides is 1. The summed E-state index contributed by atoms with van der Waals surface area (Å²) < 4.78 is 31.2. The smallest absolute Gasteiger partial charge is 0.254 e. The van der Waals surface area contributed by atoms with Crippen molar-refractivity contribution in [1.82, 2.24) is 4.90 Å². The normalized spacial score (nSPS) is 24.0. The van der Waals surface area contributed by atoms with Crippen molar-refractivity contribution in [3.05, 3.63) is 53.3 Å². The Balaban J connectivity index is 1.76. The molecule has 6 nitrogen and oxygen atoms in total. The maximum atomic E-state index is 14.0. The Morgan fingerprint density at radius 2 is 1.63 bits per heavy atom. The quantitative estimate of drug-likeness (QED) is 0.533. The van der Waals surface area contributed by atoms with Crippen LogP contribution in [0.15, 0.2) is 36.4 Å². The zero-order chi connectivity index (χ0) is 25.0. The van der Waals surface area contributed by atoms with Crippen molar-refractivity contribution in [2.45, 2.75) is 64.5 Å². The average molecular weight is 486 g/mol. The molecule has 0 aromatic heterocycles. The minimum atomic E-state index is -0.820. The van der Waals surface area contributed by atoms with Crippen molar-refractivity contribution < 1.29 is 28.5 Å². The minimum Gasteiger partial charge on any atom is -0.490 e. The molecule has 0 spiro atoms. The molecule has 1 aliphatic heterocycles. The second kappa shape index (κ2) is 10.9. The van der Waals surface area contributed by atoms with Crippen LogP contribution in [0.3, 0.4) is 0 Å². The number of fused-ring (bicyclic) bond motifs is 1. The predicted molar refractivity (Wildman–Crippen MR) is 132 cm³/mol. The van der Waals surface area contributed by atoms with Gasteiger partial charge in [0.05, 0.1) is 31.5 Å². The number of carbonyl (C=O) groups excluding carboxylic acids is 1. The van der Waals surface area contributed by atoms with Crippen LogP contribution in [-0.4, -0.2) is 47.9 Å². The Hall–Kier alpha value is -2.80. The number of halogens is 1. The molecule has 3 atom stereocenters. The molecule has 2 aromatic carbocycles. The summed E-state index contributed by atoms with van der Waals surface area (Å²) in [7, 11) is 0. The van der Waals surface area contributed by atoms with E-state index in [4.69, 9.17) is 14.2 Å². The summed E-state index contributed by atoms with van der Waals surface area (Å²) >= 11 is 0. The van der Waals surface area contributed by atoms with Gasteiger partial charge in [-0.2, -0.15) is 0 Å². The Bertz CT molecular complexity index is 1000. The standard InChI is InChI=1S/C28H36FNO5/c1-4-33-23-17-20(18-24(34-5-2)26(23)35-6-3)27(31)30-16-15-28(32)14-8-7-9-22(28)25(30)19-10-12-21(29)13-11-19/h10-13,17-18,22,25,32H,4-9,14-16H2,1-3H3. The fraction of sp³-hybridized carbons (Fsp3) is 0.536. The molecule has 0 radical (unpaired) electrons. The van der Waals surface area contributed by atoms with Crippen LogP contribution in [0.4, 0.5) is 4.39 Å². The third-order valence-electron chi connectivity index (χ3n) is 7.20. The van der Waals surface area contributed by atoms with Crippen molar-refractivity contribution in [2.24, 2.45) is 5.92 Å². The van der Waals surface area contributed by atoms with Crippen molar-refractivity contribution in [3.63, 3.8) is 0 Å². The number of hydrogen-bond acceptors (Lipinski definition) is 5. The van der Waals surface area contributed by atoms with E-state index in [9.17, 15) is 14.3 Å². The van der Waals surface area contributed by atoms with Gasteiger partial charge < -0.3 is 24.2 Å². The van der Waals surface area contributed by atoms with E-state index >= 15 is 0 Å². The number of piperidine rings is 1. The van der Waals surface area contributed by atoms with E-state index in [1.54, 1.807) is 24.3 Å². The van der Waals surface area contributed by atoms with Crippen LogP contribution in [0.2, 0.25) is 0 Å². The van der Waals surface area contributed by atoms with E-state index in [0.29, 0.717) is 55.6 Å². The number of benzene rings is 2. The highest BCUT2D eigenvalue weighted by atomic mass is 19.1. The van der Waals surface area contributed by atoms with Gasteiger partial charge in [-0.05, 0) is 69.9 Å². The molecular formula is C28H36FNO5. The molecule has 1 amide bonds.